The van der Waals surface area contributed by atoms with Gasteiger partial charge in [-0.15, -0.1) is 0 Å². The molecule has 1 heterocycles. The van der Waals surface area contributed by atoms with Crippen LogP contribution in [0.25, 0.3) is 11.4 Å². The Hall–Kier alpha value is -1.75. The molecule has 3 rings (SSSR count). The van der Waals surface area contributed by atoms with Crippen LogP contribution in [0.5, 0.6) is 0 Å². The van der Waals surface area contributed by atoms with Gasteiger partial charge in [-0.1, -0.05) is 12.1 Å². The van der Waals surface area contributed by atoms with Crippen LogP contribution < -0.4 is 5.32 Å². The summed E-state index contributed by atoms with van der Waals surface area (Å²) in [7, 11) is 0. The summed E-state index contributed by atoms with van der Waals surface area (Å²) in [5.74, 6) is 1.68. The summed E-state index contributed by atoms with van der Waals surface area (Å²) in [5, 5.41) is 7.50. The number of nitrogens with zero attached hydrogens (tertiary/aromatic N) is 2. The number of hydrogen-bond acceptors (Lipinski definition) is 4. The van der Waals surface area contributed by atoms with Crippen molar-refractivity contribution < 1.29 is 8.91 Å². The van der Waals surface area contributed by atoms with Gasteiger partial charge in [0.2, 0.25) is 11.7 Å². The Bertz CT molecular complexity index is 622. The van der Waals surface area contributed by atoms with Crippen LogP contribution in [0.1, 0.15) is 31.2 Å². The molecule has 2 aromatic rings. The Morgan fingerprint density at radius 1 is 1.43 bits per heavy atom. The molecule has 1 aliphatic carbocycles. The average molecular weight is 289 g/mol. The highest BCUT2D eigenvalue weighted by atomic mass is 19.1. The summed E-state index contributed by atoms with van der Waals surface area (Å²) in [6.45, 7) is 4.78. The van der Waals surface area contributed by atoms with Crippen molar-refractivity contribution in [2.45, 2.75) is 39.2 Å². The van der Waals surface area contributed by atoms with Crippen LogP contribution in [0.2, 0.25) is 0 Å². The summed E-state index contributed by atoms with van der Waals surface area (Å²) in [4.78, 5) is 4.44. The predicted octanol–water partition coefficient (Wildman–Crippen LogP) is 3.11. The summed E-state index contributed by atoms with van der Waals surface area (Å²) in [6, 6.07) is 5.27. The van der Waals surface area contributed by atoms with Crippen LogP contribution in [-0.4, -0.2) is 22.7 Å². The molecular weight excluding hydrogens is 269 g/mol. The molecule has 0 saturated heterocycles. The number of halogens is 1. The zero-order valence-electron chi connectivity index (χ0n) is 12.4. The molecule has 1 fully saturated rings. The molecule has 1 aromatic heterocycles. The molecule has 21 heavy (non-hydrogen) atoms. The van der Waals surface area contributed by atoms with Gasteiger partial charge in [-0.2, -0.15) is 4.98 Å². The van der Waals surface area contributed by atoms with Crippen molar-refractivity contribution >= 4 is 0 Å². The lowest BCUT2D eigenvalue weighted by Gasteiger charge is -2.14. The lowest BCUT2D eigenvalue weighted by molar-refractivity contribution is 0.348. The monoisotopic (exact) mass is 289 g/mol. The third kappa shape index (κ3) is 3.29. The molecule has 112 valence electrons. The van der Waals surface area contributed by atoms with Crippen molar-refractivity contribution in [2.75, 3.05) is 6.54 Å². The van der Waals surface area contributed by atoms with Gasteiger partial charge in [-0.05, 0) is 56.0 Å². The van der Waals surface area contributed by atoms with Crippen molar-refractivity contribution in [3.8, 4) is 11.4 Å². The Morgan fingerprint density at radius 3 is 2.90 bits per heavy atom. The van der Waals surface area contributed by atoms with Crippen LogP contribution in [0, 0.1) is 18.7 Å². The number of aryl methyl sites for hydroxylation is 1. The van der Waals surface area contributed by atoms with E-state index in [1.54, 1.807) is 19.1 Å². The first-order chi connectivity index (χ1) is 10.2. The average Bonchev–Trinajstić information content (AvgIpc) is 3.21. The number of benzene rings is 1. The second-order valence-electron chi connectivity index (χ2n) is 5.68. The molecule has 1 saturated carbocycles. The van der Waals surface area contributed by atoms with E-state index in [1.807, 2.05) is 0 Å². The third-order valence-electron chi connectivity index (χ3n) is 3.94. The first-order valence-electron chi connectivity index (χ1n) is 7.50. The van der Waals surface area contributed by atoms with Gasteiger partial charge in [0.05, 0.1) is 0 Å². The predicted molar refractivity (Wildman–Crippen MR) is 78.3 cm³/mol. The molecule has 1 N–H and O–H groups in total. The van der Waals surface area contributed by atoms with Crippen LogP contribution in [-0.2, 0) is 6.42 Å². The van der Waals surface area contributed by atoms with E-state index in [-0.39, 0.29) is 5.82 Å². The Labute approximate surface area is 123 Å². The van der Waals surface area contributed by atoms with Gasteiger partial charge in [-0.25, -0.2) is 4.39 Å². The van der Waals surface area contributed by atoms with Crippen molar-refractivity contribution in [3.63, 3.8) is 0 Å². The van der Waals surface area contributed by atoms with Crippen LogP contribution >= 0.6 is 0 Å². The fourth-order valence-corrected chi connectivity index (χ4v) is 2.59. The molecule has 0 radical (unpaired) electrons. The van der Waals surface area contributed by atoms with E-state index in [4.69, 9.17) is 4.52 Å². The second-order valence-corrected chi connectivity index (χ2v) is 5.68. The molecule has 1 unspecified atom stereocenters. The molecule has 1 atom stereocenters. The third-order valence-corrected chi connectivity index (χ3v) is 3.94. The number of likely N-dealkylation sites (N-methyl/N-ethyl adjacent to an activating group) is 1. The molecule has 1 aromatic carbocycles. The van der Waals surface area contributed by atoms with E-state index < -0.39 is 0 Å². The summed E-state index contributed by atoms with van der Waals surface area (Å²) in [6.07, 6.45) is 3.30. The summed E-state index contributed by atoms with van der Waals surface area (Å²) in [5.41, 5.74) is 1.37. The highest BCUT2D eigenvalue weighted by Gasteiger charge is 2.31. The quantitative estimate of drug-likeness (QED) is 0.887. The SMILES string of the molecule is CCNC(Cc1nc(-c2ccc(F)c(C)c2)no1)C1CC1. The molecular formula is C16H20FN3O. The van der Waals surface area contributed by atoms with Gasteiger partial charge < -0.3 is 9.84 Å². The largest absolute Gasteiger partial charge is 0.339 e. The number of nitrogens with one attached hydrogen (secondary N) is 1. The molecule has 1 aliphatic rings. The fourth-order valence-electron chi connectivity index (χ4n) is 2.59. The van der Waals surface area contributed by atoms with E-state index >= 15 is 0 Å². The van der Waals surface area contributed by atoms with Gasteiger partial charge in [-0.3, -0.25) is 0 Å². The first-order valence-corrected chi connectivity index (χ1v) is 7.50. The Kier molecular flexibility index (Phi) is 4.01. The van der Waals surface area contributed by atoms with E-state index in [9.17, 15) is 4.39 Å². The van der Waals surface area contributed by atoms with E-state index in [0.29, 0.717) is 23.3 Å². The van der Waals surface area contributed by atoms with Gasteiger partial charge in [0.25, 0.3) is 0 Å². The van der Waals surface area contributed by atoms with Crippen molar-refractivity contribution in [1.82, 2.24) is 15.5 Å². The summed E-state index contributed by atoms with van der Waals surface area (Å²) < 4.78 is 18.6. The van der Waals surface area contributed by atoms with Crippen LogP contribution in [0.15, 0.2) is 22.7 Å². The summed E-state index contributed by atoms with van der Waals surface area (Å²) >= 11 is 0. The molecule has 5 heteroatoms. The van der Waals surface area contributed by atoms with Gasteiger partial charge in [0, 0.05) is 18.0 Å². The normalized spacial score (nSPS) is 16.1. The van der Waals surface area contributed by atoms with Gasteiger partial charge in [0.15, 0.2) is 0 Å². The highest BCUT2D eigenvalue weighted by molar-refractivity contribution is 5.55. The molecule has 0 amide bonds. The zero-order valence-corrected chi connectivity index (χ0v) is 12.4. The Morgan fingerprint density at radius 2 is 2.24 bits per heavy atom. The number of hydrogen-bond donors (Lipinski definition) is 1. The second kappa shape index (κ2) is 5.93. The van der Waals surface area contributed by atoms with Crippen LogP contribution in [0.3, 0.4) is 0 Å². The number of rotatable bonds is 6. The Balaban J connectivity index is 1.74. The van der Waals surface area contributed by atoms with Crippen molar-refractivity contribution in [2.24, 2.45) is 5.92 Å². The number of aromatic nitrogens is 2. The standard InChI is InChI=1S/C16H20FN3O/c1-3-18-14(11-4-5-11)9-15-19-16(20-21-15)12-6-7-13(17)10(2)8-12/h6-8,11,14,18H,3-5,9H2,1-2H3. The lowest BCUT2D eigenvalue weighted by atomic mass is 10.1. The van der Waals surface area contributed by atoms with E-state index in [0.717, 1.165) is 24.4 Å². The smallest absolute Gasteiger partial charge is 0.228 e. The molecule has 0 spiro atoms. The fraction of sp³-hybridized carbons (Fsp3) is 0.500. The maximum Gasteiger partial charge on any atom is 0.228 e. The van der Waals surface area contributed by atoms with Crippen LogP contribution in [0.4, 0.5) is 4.39 Å². The van der Waals surface area contributed by atoms with Crippen molar-refractivity contribution in [1.29, 1.82) is 0 Å². The maximum atomic E-state index is 13.3. The van der Waals surface area contributed by atoms with Gasteiger partial charge >= 0.3 is 0 Å². The maximum absolute atomic E-state index is 13.3. The van der Waals surface area contributed by atoms with Gasteiger partial charge in [0.1, 0.15) is 5.82 Å². The molecule has 0 bridgehead atoms. The molecule has 0 aliphatic heterocycles. The van der Waals surface area contributed by atoms with Crippen molar-refractivity contribution in [3.05, 3.63) is 35.5 Å². The lowest BCUT2D eigenvalue weighted by Crippen LogP contribution is -2.33. The topological polar surface area (TPSA) is 51.0 Å². The van der Waals surface area contributed by atoms with E-state index in [2.05, 4.69) is 22.4 Å². The highest BCUT2D eigenvalue weighted by Crippen LogP contribution is 2.34. The minimum Gasteiger partial charge on any atom is -0.339 e. The zero-order chi connectivity index (χ0) is 14.8. The van der Waals surface area contributed by atoms with E-state index in [1.165, 1.54) is 18.9 Å². The minimum atomic E-state index is -0.219. The molecule has 4 nitrogen and oxygen atoms in total. The minimum absolute atomic E-state index is 0.219. The first kappa shape index (κ1) is 14.2.